The fourth-order valence-corrected chi connectivity index (χ4v) is 2.48. The van der Waals surface area contributed by atoms with Crippen LogP contribution in [-0.2, 0) is 6.61 Å². The normalized spacial score (nSPS) is 10.5. The number of carboxylic acids is 1. The third-order valence-corrected chi connectivity index (χ3v) is 3.90. The van der Waals surface area contributed by atoms with E-state index in [0.29, 0.717) is 5.75 Å². The molecule has 1 aromatic carbocycles. The molecular formula is C13H10ClFO3S. The van der Waals surface area contributed by atoms with Crippen molar-refractivity contribution in [2.24, 2.45) is 0 Å². The van der Waals surface area contributed by atoms with Crippen LogP contribution < -0.4 is 4.74 Å². The number of benzene rings is 1. The van der Waals surface area contributed by atoms with Crippen molar-refractivity contribution >= 4 is 28.9 Å². The van der Waals surface area contributed by atoms with Crippen molar-refractivity contribution in [3.63, 3.8) is 0 Å². The number of halogens is 2. The van der Waals surface area contributed by atoms with Crippen molar-refractivity contribution in [3.05, 3.63) is 50.4 Å². The zero-order valence-corrected chi connectivity index (χ0v) is 11.5. The van der Waals surface area contributed by atoms with Gasteiger partial charge in [0, 0.05) is 16.5 Å². The zero-order chi connectivity index (χ0) is 14.0. The number of aryl methyl sites for hydroxylation is 1. The van der Waals surface area contributed by atoms with Crippen LogP contribution in [0.25, 0.3) is 0 Å². The van der Waals surface area contributed by atoms with Gasteiger partial charge in [0.1, 0.15) is 23.1 Å². The largest absolute Gasteiger partial charge is 0.489 e. The molecule has 0 unspecified atom stereocenters. The Labute approximate surface area is 118 Å². The molecule has 3 nitrogen and oxygen atoms in total. The molecule has 0 bridgehead atoms. The summed E-state index contributed by atoms with van der Waals surface area (Å²) in [5, 5.41) is 8.91. The van der Waals surface area contributed by atoms with Crippen molar-refractivity contribution < 1.29 is 19.0 Å². The fourth-order valence-electron chi connectivity index (χ4n) is 1.50. The molecule has 1 heterocycles. The second-order valence-electron chi connectivity index (χ2n) is 3.86. The highest BCUT2D eigenvalue weighted by molar-refractivity contribution is 7.14. The highest BCUT2D eigenvalue weighted by Gasteiger charge is 2.11. The van der Waals surface area contributed by atoms with Crippen LogP contribution in [0.3, 0.4) is 0 Å². The lowest BCUT2D eigenvalue weighted by molar-refractivity contribution is 0.0702. The number of hydrogen-bond acceptors (Lipinski definition) is 3. The number of aromatic carboxylic acids is 1. The molecule has 0 saturated heterocycles. The Bertz CT molecular complexity index is 624. The number of carboxylic acid groups (broad SMARTS) is 1. The number of ether oxygens (including phenoxy) is 1. The molecular weight excluding hydrogens is 291 g/mol. The predicted octanol–water partition coefficient (Wildman–Crippen LogP) is 4.13. The van der Waals surface area contributed by atoms with Crippen LogP contribution in [0.1, 0.15) is 20.1 Å². The van der Waals surface area contributed by atoms with Crippen molar-refractivity contribution in [2.75, 3.05) is 0 Å². The van der Waals surface area contributed by atoms with E-state index < -0.39 is 11.8 Å². The summed E-state index contributed by atoms with van der Waals surface area (Å²) >= 11 is 6.76. The van der Waals surface area contributed by atoms with Gasteiger partial charge in [0.2, 0.25) is 0 Å². The molecule has 0 atom stereocenters. The van der Waals surface area contributed by atoms with Crippen molar-refractivity contribution in [2.45, 2.75) is 13.5 Å². The highest BCUT2D eigenvalue weighted by atomic mass is 35.5. The van der Waals surface area contributed by atoms with Gasteiger partial charge < -0.3 is 9.84 Å². The maximum absolute atomic E-state index is 13.2. The minimum absolute atomic E-state index is 0.0345. The number of thiophene rings is 1. The smallest absolute Gasteiger partial charge is 0.345 e. The Kier molecular flexibility index (Phi) is 4.07. The standard InChI is InChI=1S/C13H10ClFO3S/c1-7-8(4-12(19-7)13(16)17)6-18-9-2-3-10(14)11(15)5-9/h2-5H,6H2,1H3,(H,16,17). The topological polar surface area (TPSA) is 46.5 Å². The molecule has 0 amide bonds. The Morgan fingerprint density at radius 3 is 2.79 bits per heavy atom. The van der Waals surface area contributed by atoms with Crippen LogP contribution in [-0.4, -0.2) is 11.1 Å². The first kappa shape index (κ1) is 13.8. The second kappa shape index (κ2) is 5.59. The molecule has 1 aromatic heterocycles. The first-order valence-electron chi connectivity index (χ1n) is 5.38. The molecule has 0 aliphatic heterocycles. The van der Waals surface area contributed by atoms with E-state index in [1.54, 1.807) is 12.1 Å². The van der Waals surface area contributed by atoms with Crippen molar-refractivity contribution in [1.29, 1.82) is 0 Å². The Morgan fingerprint density at radius 1 is 1.47 bits per heavy atom. The minimum atomic E-state index is -0.961. The van der Waals surface area contributed by atoms with Gasteiger partial charge in [0.25, 0.3) is 0 Å². The number of carbonyl (C=O) groups is 1. The van der Waals surface area contributed by atoms with Crippen LogP contribution in [0.4, 0.5) is 4.39 Å². The van der Waals surface area contributed by atoms with E-state index in [9.17, 15) is 9.18 Å². The Morgan fingerprint density at radius 2 is 2.21 bits per heavy atom. The van der Waals surface area contributed by atoms with Gasteiger partial charge in [0.15, 0.2) is 0 Å². The summed E-state index contributed by atoms with van der Waals surface area (Å²) in [6.45, 7) is 2.01. The molecule has 1 N–H and O–H groups in total. The Hall–Kier alpha value is -1.59. The van der Waals surface area contributed by atoms with Gasteiger partial charge >= 0.3 is 5.97 Å². The van der Waals surface area contributed by atoms with Crippen LogP contribution in [0, 0.1) is 12.7 Å². The van der Waals surface area contributed by atoms with E-state index in [1.807, 2.05) is 6.92 Å². The average Bonchev–Trinajstić information content (AvgIpc) is 2.73. The van der Waals surface area contributed by atoms with Gasteiger partial charge in [-0.05, 0) is 25.1 Å². The fraction of sp³-hybridized carbons (Fsp3) is 0.154. The summed E-state index contributed by atoms with van der Waals surface area (Å²) < 4.78 is 18.6. The maximum Gasteiger partial charge on any atom is 0.345 e. The highest BCUT2D eigenvalue weighted by Crippen LogP contribution is 2.25. The zero-order valence-electron chi connectivity index (χ0n) is 9.94. The van der Waals surface area contributed by atoms with Crippen LogP contribution >= 0.6 is 22.9 Å². The quantitative estimate of drug-likeness (QED) is 0.923. The van der Waals surface area contributed by atoms with Crippen LogP contribution in [0.5, 0.6) is 5.75 Å². The van der Waals surface area contributed by atoms with Crippen LogP contribution in [0.15, 0.2) is 24.3 Å². The monoisotopic (exact) mass is 300 g/mol. The predicted molar refractivity (Wildman–Crippen MR) is 71.8 cm³/mol. The summed E-state index contributed by atoms with van der Waals surface area (Å²) in [4.78, 5) is 12.0. The lowest BCUT2D eigenvalue weighted by Gasteiger charge is -2.06. The van der Waals surface area contributed by atoms with Gasteiger partial charge in [-0.15, -0.1) is 11.3 Å². The molecule has 100 valence electrons. The van der Waals surface area contributed by atoms with E-state index in [4.69, 9.17) is 21.4 Å². The molecule has 19 heavy (non-hydrogen) atoms. The van der Waals surface area contributed by atoms with E-state index in [2.05, 4.69) is 0 Å². The van der Waals surface area contributed by atoms with E-state index >= 15 is 0 Å². The Balaban J connectivity index is 2.09. The molecule has 0 aliphatic rings. The molecule has 0 spiro atoms. The SMILES string of the molecule is Cc1sc(C(=O)O)cc1COc1ccc(Cl)c(F)c1. The molecule has 2 rings (SSSR count). The van der Waals surface area contributed by atoms with Gasteiger partial charge in [-0.3, -0.25) is 0 Å². The third kappa shape index (κ3) is 3.24. The number of hydrogen-bond donors (Lipinski definition) is 1. The lowest BCUT2D eigenvalue weighted by Crippen LogP contribution is -1.96. The minimum Gasteiger partial charge on any atom is -0.489 e. The first-order chi connectivity index (χ1) is 8.97. The van der Waals surface area contributed by atoms with E-state index in [-0.39, 0.29) is 16.5 Å². The van der Waals surface area contributed by atoms with Crippen LogP contribution in [0.2, 0.25) is 5.02 Å². The van der Waals surface area contributed by atoms with E-state index in [1.165, 1.54) is 23.5 Å². The second-order valence-corrected chi connectivity index (χ2v) is 5.53. The summed E-state index contributed by atoms with van der Waals surface area (Å²) in [6, 6.07) is 5.73. The van der Waals surface area contributed by atoms with Gasteiger partial charge in [-0.25, -0.2) is 9.18 Å². The molecule has 6 heteroatoms. The lowest BCUT2D eigenvalue weighted by atomic mass is 10.2. The molecule has 0 aliphatic carbocycles. The van der Waals surface area contributed by atoms with Gasteiger partial charge in [-0.1, -0.05) is 11.6 Å². The van der Waals surface area contributed by atoms with Gasteiger partial charge in [-0.2, -0.15) is 0 Å². The molecule has 0 radical (unpaired) electrons. The molecule has 0 saturated carbocycles. The van der Waals surface area contributed by atoms with Crippen molar-refractivity contribution in [3.8, 4) is 5.75 Å². The average molecular weight is 301 g/mol. The molecule has 2 aromatic rings. The third-order valence-electron chi connectivity index (χ3n) is 2.52. The summed E-state index contributed by atoms with van der Waals surface area (Å²) in [5.41, 5.74) is 0.776. The first-order valence-corrected chi connectivity index (χ1v) is 6.57. The summed E-state index contributed by atoms with van der Waals surface area (Å²) in [5.74, 6) is -1.16. The van der Waals surface area contributed by atoms with Crippen molar-refractivity contribution in [1.82, 2.24) is 0 Å². The summed E-state index contributed by atoms with van der Waals surface area (Å²) in [7, 11) is 0. The molecule has 0 fully saturated rings. The maximum atomic E-state index is 13.2. The van der Waals surface area contributed by atoms with Gasteiger partial charge in [0.05, 0.1) is 5.02 Å². The summed E-state index contributed by atoms with van der Waals surface area (Å²) in [6.07, 6.45) is 0. The van der Waals surface area contributed by atoms with E-state index in [0.717, 1.165) is 10.4 Å². The number of rotatable bonds is 4.